The molecule has 0 aromatic carbocycles. The molecule has 1 aliphatic carbocycles. The molecule has 3 heteroatoms. The number of aryl methyl sites for hydroxylation is 1. The molecule has 0 spiro atoms. The number of hydrogen-bond acceptors (Lipinski definition) is 3. The number of aromatic nitrogens is 1. The van der Waals surface area contributed by atoms with E-state index < -0.39 is 0 Å². The molecule has 96 valence electrons. The summed E-state index contributed by atoms with van der Waals surface area (Å²) in [5.74, 6) is 0.735. The third-order valence-corrected chi connectivity index (χ3v) is 5.38. The molecular weight excluding hydrogens is 228 g/mol. The molecule has 2 nitrogen and oxygen atoms in total. The van der Waals surface area contributed by atoms with Crippen molar-refractivity contribution in [2.75, 3.05) is 7.05 Å². The van der Waals surface area contributed by atoms with E-state index in [1.165, 1.54) is 54.1 Å². The van der Waals surface area contributed by atoms with Gasteiger partial charge < -0.3 is 5.32 Å². The Bertz CT molecular complexity index is 351. The van der Waals surface area contributed by atoms with Crippen LogP contribution in [-0.2, 0) is 0 Å². The average Bonchev–Trinajstić information content (AvgIpc) is 2.57. The molecule has 1 heterocycles. The molecule has 1 N–H and O–H groups in total. The zero-order valence-corrected chi connectivity index (χ0v) is 12.1. The highest BCUT2D eigenvalue weighted by molar-refractivity contribution is 7.11. The maximum absolute atomic E-state index is 4.82. The van der Waals surface area contributed by atoms with Crippen LogP contribution in [0.5, 0.6) is 0 Å². The van der Waals surface area contributed by atoms with Gasteiger partial charge in [0.15, 0.2) is 0 Å². The van der Waals surface area contributed by atoms with Crippen LogP contribution < -0.4 is 5.32 Å². The molecule has 0 radical (unpaired) electrons. The minimum Gasteiger partial charge on any atom is -0.312 e. The van der Waals surface area contributed by atoms with Crippen LogP contribution in [0.1, 0.15) is 73.0 Å². The van der Waals surface area contributed by atoms with E-state index in [2.05, 4.69) is 19.2 Å². The number of hydrogen-bond donors (Lipinski definition) is 1. The van der Waals surface area contributed by atoms with Crippen LogP contribution in [0.25, 0.3) is 0 Å². The Morgan fingerprint density at radius 3 is 2.47 bits per heavy atom. The Hall–Kier alpha value is -0.410. The van der Waals surface area contributed by atoms with Gasteiger partial charge in [-0.1, -0.05) is 25.7 Å². The van der Waals surface area contributed by atoms with E-state index in [4.69, 9.17) is 4.98 Å². The molecule has 1 aromatic rings. The molecule has 0 bridgehead atoms. The van der Waals surface area contributed by atoms with Gasteiger partial charge in [-0.2, -0.15) is 0 Å². The van der Waals surface area contributed by atoms with Crippen molar-refractivity contribution in [3.8, 4) is 0 Å². The Labute approximate surface area is 109 Å². The van der Waals surface area contributed by atoms with E-state index in [1.54, 1.807) is 0 Å². The number of nitrogens with zero attached hydrogens (tertiary/aromatic N) is 1. The summed E-state index contributed by atoms with van der Waals surface area (Å²) in [7, 11) is 2.02. The highest BCUT2D eigenvalue weighted by atomic mass is 32.1. The van der Waals surface area contributed by atoms with E-state index >= 15 is 0 Å². The van der Waals surface area contributed by atoms with Gasteiger partial charge in [-0.05, 0) is 33.7 Å². The van der Waals surface area contributed by atoms with Crippen LogP contribution in [-0.4, -0.2) is 12.0 Å². The SMILES string of the molecule is CNC(C)c1sc(C2CCCCCC2)nc1C. The predicted octanol–water partition coefficient (Wildman–Crippen LogP) is 4.17. The smallest absolute Gasteiger partial charge is 0.0962 e. The lowest BCUT2D eigenvalue weighted by molar-refractivity contribution is 0.588. The van der Waals surface area contributed by atoms with Crippen molar-refractivity contribution < 1.29 is 0 Å². The van der Waals surface area contributed by atoms with Gasteiger partial charge in [-0.25, -0.2) is 4.98 Å². The first-order valence-electron chi connectivity index (χ1n) is 6.87. The van der Waals surface area contributed by atoms with E-state index in [-0.39, 0.29) is 0 Å². The van der Waals surface area contributed by atoms with Gasteiger partial charge in [0.25, 0.3) is 0 Å². The van der Waals surface area contributed by atoms with E-state index in [0.717, 1.165) is 5.92 Å². The highest BCUT2D eigenvalue weighted by Crippen LogP contribution is 2.36. The minimum atomic E-state index is 0.437. The molecule has 1 aliphatic rings. The fourth-order valence-electron chi connectivity index (χ4n) is 2.66. The summed E-state index contributed by atoms with van der Waals surface area (Å²) in [6, 6.07) is 0.437. The van der Waals surface area contributed by atoms with Crippen LogP contribution in [0.2, 0.25) is 0 Å². The Morgan fingerprint density at radius 2 is 1.88 bits per heavy atom. The topological polar surface area (TPSA) is 24.9 Å². The van der Waals surface area contributed by atoms with E-state index in [9.17, 15) is 0 Å². The third kappa shape index (κ3) is 3.08. The molecule has 0 saturated heterocycles. The third-order valence-electron chi connectivity index (χ3n) is 3.88. The molecule has 1 aromatic heterocycles. The Balaban J connectivity index is 2.15. The highest BCUT2D eigenvalue weighted by Gasteiger charge is 2.20. The summed E-state index contributed by atoms with van der Waals surface area (Å²) in [4.78, 5) is 6.25. The van der Waals surface area contributed by atoms with Crippen LogP contribution in [0.4, 0.5) is 0 Å². The second kappa shape index (κ2) is 5.96. The van der Waals surface area contributed by atoms with Crippen LogP contribution in [0, 0.1) is 6.92 Å². The molecule has 0 amide bonds. The summed E-state index contributed by atoms with van der Waals surface area (Å²) in [6.45, 7) is 4.37. The molecule has 1 saturated carbocycles. The first-order valence-corrected chi connectivity index (χ1v) is 7.68. The standard InChI is InChI=1S/C14H24N2S/c1-10(15-3)13-11(2)16-14(17-13)12-8-6-4-5-7-9-12/h10,12,15H,4-9H2,1-3H3. The van der Waals surface area contributed by atoms with Gasteiger partial charge in [0.05, 0.1) is 10.7 Å². The van der Waals surface area contributed by atoms with Gasteiger partial charge >= 0.3 is 0 Å². The van der Waals surface area contributed by atoms with Crippen LogP contribution >= 0.6 is 11.3 Å². The first kappa shape index (κ1) is 13.0. The Morgan fingerprint density at radius 1 is 1.24 bits per heavy atom. The monoisotopic (exact) mass is 252 g/mol. The lowest BCUT2D eigenvalue weighted by Crippen LogP contribution is -2.11. The summed E-state index contributed by atoms with van der Waals surface area (Å²) in [5, 5.41) is 4.71. The van der Waals surface area contributed by atoms with Crippen molar-refractivity contribution in [1.29, 1.82) is 0 Å². The lowest BCUT2D eigenvalue weighted by Gasteiger charge is -2.10. The molecule has 0 aliphatic heterocycles. The van der Waals surface area contributed by atoms with E-state index in [1.807, 2.05) is 18.4 Å². The maximum Gasteiger partial charge on any atom is 0.0962 e. The first-order chi connectivity index (χ1) is 8.22. The number of thiazole rings is 1. The van der Waals surface area contributed by atoms with Gasteiger partial charge in [-0.3, -0.25) is 0 Å². The quantitative estimate of drug-likeness (QED) is 0.817. The molecule has 1 fully saturated rings. The normalized spacial score (nSPS) is 20.2. The van der Waals surface area contributed by atoms with Gasteiger partial charge in [-0.15, -0.1) is 11.3 Å². The summed E-state index contributed by atoms with van der Waals surface area (Å²) < 4.78 is 0. The minimum absolute atomic E-state index is 0.437. The largest absolute Gasteiger partial charge is 0.312 e. The van der Waals surface area contributed by atoms with Gasteiger partial charge in [0.1, 0.15) is 0 Å². The van der Waals surface area contributed by atoms with Gasteiger partial charge in [0, 0.05) is 16.8 Å². The van der Waals surface area contributed by atoms with Crippen LogP contribution in [0.3, 0.4) is 0 Å². The molecule has 2 rings (SSSR count). The summed E-state index contributed by atoms with van der Waals surface area (Å²) in [5.41, 5.74) is 1.23. The van der Waals surface area contributed by atoms with Crippen molar-refractivity contribution in [2.45, 2.75) is 64.3 Å². The zero-order chi connectivity index (χ0) is 12.3. The fraction of sp³-hybridized carbons (Fsp3) is 0.786. The second-order valence-electron chi connectivity index (χ2n) is 5.20. The average molecular weight is 252 g/mol. The zero-order valence-electron chi connectivity index (χ0n) is 11.3. The van der Waals surface area contributed by atoms with Crippen molar-refractivity contribution in [2.24, 2.45) is 0 Å². The Kier molecular flexibility index (Phi) is 4.57. The van der Waals surface area contributed by atoms with E-state index in [0.29, 0.717) is 6.04 Å². The van der Waals surface area contributed by atoms with Crippen molar-refractivity contribution in [3.63, 3.8) is 0 Å². The second-order valence-corrected chi connectivity index (χ2v) is 6.26. The van der Waals surface area contributed by atoms with Crippen molar-refractivity contribution in [3.05, 3.63) is 15.6 Å². The summed E-state index contributed by atoms with van der Waals surface area (Å²) >= 11 is 1.93. The van der Waals surface area contributed by atoms with Gasteiger partial charge in [0.2, 0.25) is 0 Å². The number of rotatable bonds is 3. The predicted molar refractivity (Wildman–Crippen MR) is 74.8 cm³/mol. The molecular formula is C14H24N2S. The lowest BCUT2D eigenvalue weighted by atomic mass is 10.0. The van der Waals surface area contributed by atoms with Crippen LogP contribution in [0.15, 0.2) is 0 Å². The molecule has 17 heavy (non-hydrogen) atoms. The molecule has 1 atom stereocenters. The number of nitrogens with one attached hydrogen (secondary N) is 1. The maximum atomic E-state index is 4.82. The molecule has 1 unspecified atom stereocenters. The van der Waals surface area contributed by atoms with Crippen molar-refractivity contribution >= 4 is 11.3 Å². The fourth-order valence-corrected chi connectivity index (χ4v) is 3.96. The van der Waals surface area contributed by atoms with Crippen molar-refractivity contribution in [1.82, 2.24) is 10.3 Å². The summed E-state index contributed by atoms with van der Waals surface area (Å²) in [6.07, 6.45) is 8.31.